The fraction of sp³-hybridized carbons (Fsp3) is 0.405. The second-order valence-corrected chi connectivity index (χ2v) is 15.5. The van der Waals surface area contributed by atoms with E-state index in [1.54, 1.807) is 60.7 Å². The Labute approximate surface area is 314 Å². The fourth-order valence-corrected chi connectivity index (χ4v) is 7.08. The molecule has 282 valence electrons. The van der Waals surface area contributed by atoms with Gasteiger partial charge in [0, 0.05) is 37.4 Å². The molecule has 0 spiro atoms. The summed E-state index contributed by atoms with van der Waals surface area (Å²) < 4.78 is 35.2. The van der Waals surface area contributed by atoms with Gasteiger partial charge < -0.3 is 24.0 Å². The van der Waals surface area contributed by atoms with Gasteiger partial charge in [0.2, 0.25) is 0 Å². The van der Waals surface area contributed by atoms with Crippen molar-refractivity contribution >= 4 is 22.9 Å². The molecule has 1 aliphatic carbocycles. The number of benzene rings is 2. The number of aromatic nitrogens is 4. The predicted octanol–water partition coefficient (Wildman–Crippen LogP) is 8.54. The molecule has 4 heterocycles. The first-order chi connectivity index (χ1) is 25.7. The van der Waals surface area contributed by atoms with Gasteiger partial charge in [0.05, 0.1) is 29.6 Å². The highest BCUT2D eigenvalue weighted by molar-refractivity contribution is 5.92. The summed E-state index contributed by atoms with van der Waals surface area (Å²) in [6, 6.07) is 15.7. The summed E-state index contributed by atoms with van der Waals surface area (Å²) in [4.78, 5) is 46.0. The Balaban J connectivity index is 1.41. The van der Waals surface area contributed by atoms with E-state index in [0.717, 1.165) is 29.7 Å². The van der Waals surface area contributed by atoms with Crippen molar-refractivity contribution < 1.29 is 23.4 Å². The molecule has 3 aromatic heterocycles. The number of hydrogen-bond acceptors (Lipinski definition) is 9. The van der Waals surface area contributed by atoms with Crippen molar-refractivity contribution in [2.24, 2.45) is 0 Å². The number of amides is 1. The molecule has 2 aliphatic rings. The molecular weight excluding hydrogens is 687 g/mol. The number of nitrogens with zero attached hydrogens (tertiary/aromatic N) is 6. The minimum absolute atomic E-state index is 0.0167. The van der Waals surface area contributed by atoms with E-state index < -0.39 is 17.1 Å². The molecule has 0 radical (unpaired) electrons. The summed E-state index contributed by atoms with van der Waals surface area (Å²) in [5, 5.41) is 0.668. The van der Waals surface area contributed by atoms with Crippen LogP contribution in [0.5, 0.6) is 17.2 Å². The van der Waals surface area contributed by atoms with Gasteiger partial charge in [-0.2, -0.15) is 4.98 Å². The van der Waals surface area contributed by atoms with E-state index in [1.807, 2.05) is 60.6 Å². The molecule has 7 rings (SSSR count). The van der Waals surface area contributed by atoms with E-state index in [4.69, 9.17) is 29.2 Å². The van der Waals surface area contributed by atoms with Crippen molar-refractivity contribution in [2.45, 2.75) is 84.8 Å². The molecule has 2 fully saturated rings. The minimum Gasteiger partial charge on any atom is -0.497 e. The number of pyridine rings is 2. The number of piperazine rings is 1. The predicted molar refractivity (Wildman–Crippen MR) is 207 cm³/mol. The lowest BCUT2D eigenvalue weighted by molar-refractivity contribution is 0.0218. The van der Waals surface area contributed by atoms with Gasteiger partial charge in [0.15, 0.2) is 17.2 Å². The van der Waals surface area contributed by atoms with Crippen LogP contribution in [0.3, 0.4) is 0 Å². The summed E-state index contributed by atoms with van der Waals surface area (Å²) in [5.74, 6) is 1.23. The number of rotatable bonds is 8. The first kappa shape index (κ1) is 36.8. The van der Waals surface area contributed by atoms with Crippen LogP contribution in [-0.4, -0.2) is 68.9 Å². The molecule has 11 nitrogen and oxygen atoms in total. The zero-order valence-electron chi connectivity index (χ0n) is 32.1. The van der Waals surface area contributed by atoms with E-state index in [-0.39, 0.29) is 35.3 Å². The Hall–Kier alpha value is -5.52. The third-order valence-electron chi connectivity index (χ3n) is 9.88. The number of halogens is 1. The maximum Gasteiger partial charge on any atom is 0.410 e. The molecule has 0 bridgehead atoms. The molecule has 1 aliphatic heterocycles. The fourth-order valence-electron chi connectivity index (χ4n) is 7.08. The summed E-state index contributed by atoms with van der Waals surface area (Å²) in [6.07, 6.45) is 3.22. The Morgan fingerprint density at radius 3 is 2.37 bits per heavy atom. The summed E-state index contributed by atoms with van der Waals surface area (Å²) in [6.45, 7) is 14.7. The average molecular weight is 735 g/mol. The van der Waals surface area contributed by atoms with Gasteiger partial charge in [0.25, 0.3) is 0 Å². The zero-order valence-corrected chi connectivity index (χ0v) is 32.1. The zero-order chi connectivity index (χ0) is 38.5. The Morgan fingerprint density at radius 2 is 1.72 bits per heavy atom. The SMILES string of the molecule is COc1ccc(Oc2cccc(-c3nc4c(cc3C3CC3)c(N3CCN(C(=O)OC(C)(C)C)CC3C)nc(=O)n4-c3c(C)ccnc3C(C)C)c2F)cc1. The van der Waals surface area contributed by atoms with Crippen LogP contribution in [0.4, 0.5) is 15.0 Å². The van der Waals surface area contributed by atoms with Gasteiger partial charge in [-0.05, 0) is 119 Å². The number of ether oxygens (including phenoxy) is 3. The van der Waals surface area contributed by atoms with Crippen LogP contribution in [0.15, 0.2) is 65.6 Å². The lowest BCUT2D eigenvalue weighted by atomic mass is 9.99. The summed E-state index contributed by atoms with van der Waals surface area (Å²) in [7, 11) is 1.58. The van der Waals surface area contributed by atoms with Crippen molar-refractivity contribution in [3.63, 3.8) is 0 Å². The molecule has 1 saturated carbocycles. The molecule has 0 N–H and O–H groups in total. The largest absolute Gasteiger partial charge is 0.497 e. The van der Waals surface area contributed by atoms with Gasteiger partial charge in [-0.3, -0.25) is 4.98 Å². The minimum atomic E-state index is -0.623. The van der Waals surface area contributed by atoms with Crippen molar-refractivity contribution in [2.75, 3.05) is 31.6 Å². The number of methoxy groups -OCH3 is 1. The standard InChI is InChI=1S/C42H47FN6O5/c1-24(2)35-37(25(3)18-19-44-35)49-39-32(38(46-40(49)50)48-21-20-47(23-26(48)4)41(51)54-42(5,6)7)22-31(27-12-13-27)36(45-39)30-10-9-11-33(34(30)43)53-29-16-14-28(52-8)15-17-29/h9-11,14-19,22,24,26-27H,12-13,20-21,23H2,1-8H3. The third-order valence-corrected chi connectivity index (χ3v) is 9.88. The van der Waals surface area contributed by atoms with E-state index in [2.05, 4.69) is 4.90 Å². The number of anilines is 1. The summed E-state index contributed by atoms with van der Waals surface area (Å²) >= 11 is 0. The molecule has 1 unspecified atom stereocenters. The number of fused-ring (bicyclic) bond motifs is 1. The highest BCUT2D eigenvalue weighted by Gasteiger charge is 2.35. The quantitative estimate of drug-likeness (QED) is 0.155. The van der Waals surface area contributed by atoms with Crippen molar-refractivity contribution in [3.05, 3.63) is 93.9 Å². The van der Waals surface area contributed by atoms with Gasteiger partial charge in [-0.15, -0.1) is 0 Å². The Bertz CT molecular complexity index is 2280. The van der Waals surface area contributed by atoms with E-state index in [9.17, 15) is 9.59 Å². The van der Waals surface area contributed by atoms with Crippen molar-refractivity contribution in [1.82, 2.24) is 24.4 Å². The van der Waals surface area contributed by atoms with Crippen LogP contribution in [0.2, 0.25) is 0 Å². The van der Waals surface area contributed by atoms with Gasteiger partial charge in [-0.1, -0.05) is 19.9 Å². The second-order valence-electron chi connectivity index (χ2n) is 15.5. The van der Waals surface area contributed by atoms with Crippen LogP contribution >= 0.6 is 0 Å². The molecule has 12 heteroatoms. The Morgan fingerprint density at radius 1 is 1.00 bits per heavy atom. The molecule has 2 aromatic carbocycles. The topological polar surface area (TPSA) is 112 Å². The number of carbonyl (C=O) groups is 1. The monoisotopic (exact) mass is 734 g/mol. The highest BCUT2D eigenvalue weighted by atomic mass is 19.1. The van der Waals surface area contributed by atoms with E-state index in [0.29, 0.717) is 59.4 Å². The first-order valence-corrected chi connectivity index (χ1v) is 18.5. The van der Waals surface area contributed by atoms with Crippen LogP contribution < -0.4 is 20.1 Å². The number of aryl methyl sites for hydroxylation is 1. The molecule has 1 saturated heterocycles. The summed E-state index contributed by atoms with van der Waals surface area (Å²) in [5.41, 5.74) is 2.98. The van der Waals surface area contributed by atoms with Gasteiger partial charge in [0.1, 0.15) is 22.9 Å². The second kappa shape index (κ2) is 14.4. The highest BCUT2D eigenvalue weighted by Crippen LogP contribution is 2.47. The van der Waals surface area contributed by atoms with Gasteiger partial charge in [-0.25, -0.2) is 23.5 Å². The van der Waals surface area contributed by atoms with E-state index >= 15 is 4.39 Å². The maximum absolute atomic E-state index is 16.7. The lowest BCUT2D eigenvalue weighted by Gasteiger charge is -2.41. The van der Waals surface area contributed by atoms with Crippen LogP contribution in [0.25, 0.3) is 28.0 Å². The molecule has 54 heavy (non-hydrogen) atoms. The van der Waals surface area contributed by atoms with E-state index in [1.165, 1.54) is 4.57 Å². The average Bonchev–Trinajstić information content (AvgIpc) is 3.97. The third kappa shape index (κ3) is 7.21. The Kier molecular flexibility index (Phi) is 9.80. The lowest BCUT2D eigenvalue weighted by Crippen LogP contribution is -2.55. The van der Waals surface area contributed by atoms with Crippen molar-refractivity contribution in [3.8, 4) is 34.2 Å². The first-order valence-electron chi connectivity index (χ1n) is 18.5. The number of hydrogen-bond donors (Lipinski definition) is 0. The van der Waals surface area contributed by atoms with Crippen LogP contribution in [0, 0.1) is 12.7 Å². The molecule has 5 aromatic rings. The van der Waals surface area contributed by atoms with Crippen LogP contribution in [-0.2, 0) is 4.74 Å². The molecular formula is C42H47FN6O5. The molecule has 1 amide bonds. The molecule has 1 atom stereocenters. The normalized spacial score (nSPS) is 16.2. The van der Waals surface area contributed by atoms with Crippen molar-refractivity contribution in [1.29, 1.82) is 0 Å². The number of carbonyl (C=O) groups excluding carboxylic acids is 1. The van der Waals surface area contributed by atoms with Crippen LogP contribution in [0.1, 0.15) is 83.0 Å². The maximum atomic E-state index is 16.7. The van der Waals surface area contributed by atoms with Gasteiger partial charge >= 0.3 is 11.8 Å². The smallest absolute Gasteiger partial charge is 0.410 e.